The first-order valence-corrected chi connectivity index (χ1v) is 6.55. The number of nitrogens with zero attached hydrogens (tertiary/aromatic N) is 1. The maximum atomic E-state index is 5.73. The fourth-order valence-corrected chi connectivity index (χ4v) is 3.04. The summed E-state index contributed by atoms with van der Waals surface area (Å²) in [6.07, 6.45) is 6.78. The molecule has 3 heteroatoms. The van der Waals surface area contributed by atoms with Crippen molar-refractivity contribution in [2.24, 2.45) is 5.41 Å². The predicted molar refractivity (Wildman–Crippen MR) is 71.8 cm³/mol. The maximum absolute atomic E-state index is 5.73. The van der Waals surface area contributed by atoms with E-state index in [0.29, 0.717) is 17.3 Å². The van der Waals surface area contributed by atoms with Crippen molar-refractivity contribution in [3.8, 4) is 0 Å². The number of hydrogen-bond acceptors (Lipinski definition) is 3. The van der Waals surface area contributed by atoms with Crippen molar-refractivity contribution in [2.75, 3.05) is 12.3 Å². The number of rotatable bonds is 4. The molecule has 17 heavy (non-hydrogen) atoms. The average Bonchev–Trinajstić information content (AvgIpc) is 2.60. The van der Waals surface area contributed by atoms with Crippen molar-refractivity contribution in [3.63, 3.8) is 0 Å². The molecule has 94 valence electrons. The van der Waals surface area contributed by atoms with Crippen molar-refractivity contribution >= 4 is 5.82 Å². The standard InChI is InChI=1S/C14H23N3/c1-3-16-12-4-6-14(2,10-12)9-11-5-7-17-13(15)8-11/h5,7-8,12,16H,3-4,6,9-10H2,1-2H3,(H2,15,17). The lowest BCUT2D eigenvalue weighted by Gasteiger charge is -2.24. The lowest BCUT2D eigenvalue weighted by molar-refractivity contribution is 0.322. The molecule has 1 aliphatic carbocycles. The summed E-state index contributed by atoms with van der Waals surface area (Å²) in [4.78, 5) is 4.05. The molecule has 0 radical (unpaired) electrons. The van der Waals surface area contributed by atoms with Crippen LogP contribution in [0.1, 0.15) is 38.7 Å². The Morgan fingerprint density at radius 3 is 3.12 bits per heavy atom. The number of nitrogens with one attached hydrogen (secondary N) is 1. The van der Waals surface area contributed by atoms with Crippen molar-refractivity contribution in [1.29, 1.82) is 0 Å². The van der Waals surface area contributed by atoms with Crippen LogP contribution in [0.5, 0.6) is 0 Å². The molecule has 1 fully saturated rings. The lowest BCUT2D eigenvalue weighted by atomic mass is 9.82. The van der Waals surface area contributed by atoms with Crippen LogP contribution in [0.25, 0.3) is 0 Å². The Morgan fingerprint density at radius 2 is 2.41 bits per heavy atom. The summed E-state index contributed by atoms with van der Waals surface area (Å²) < 4.78 is 0. The minimum Gasteiger partial charge on any atom is -0.384 e. The Labute approximate surface area is 104 Å². The van der Waals surface area contributed by atoms with E-state index in [1.807, 2.05) is 12.3 Å². The van der Waals surface area contributed by atoms with E-state index in [9.17, 15) is 0 Å². The van der Waals surface area contributed by atoms with Gasteiger partial charge in [-0.3, -0.25) is 0 Å². The molecule has 3 N–H and O–H groups in total. The van der Waals surface area contributed by atoms with Crippen LogP contribution < -0.4 is 11.1 Å². The first-order chi connectivity index (χ1) is 8.11. The minimum absolute atomic E-state index is 0.417. The quantitative estimate of drug-likeness (QED) is 0.839. The van der Waals surface area contributed by atoms with Crippen LogP contribution in [0, 0.1) is 5.41 Å². The minimum atomic E-state index is 0.417. The molecule has 0 aromatic carbocycles. The van der Waals surface area contributed by atoms with Gasteiger partial charge in [0.25, 0.3) is 0 Å². The first-order valence-electron chi connectivity index (χ1n) is 6.55. The number of nitrogens with two attached hydrogens (primary N) is 1. The highest BCUT2D eigenvalue weighted by Gasteiger charge is 2.34. The van der Waals surface area contributed by atoms with Gasteiger partial charge in [0.2, 0.25) is 0 Å². The maximum Gasteiger partial charge on any atom is 0.123 e. The fraction of sp³-hybridized carbons (Fsp3) is 0.643. The highest BCUT2D eigenvalue weighted by molar-refractivity contribution is 5.32. The third-order valence-electron chi connectivity index (χ3n) is 3.80. The summed E-state index contributed by atoms with van der Waals surface area (Å²) in [5.41, 5.74) is 7.46. The van der Waals surface area contributed by atoms with Gasteiger partial charge in [0.1, 0.15) is 5.82 Å². The third-order valence-corrected chi connectivity index (χ3v) is 3.80. The fourth-order valence-electron chi connectivity index (χ4n) is 3.04. The third kappa shape index (κ3) is 3.19. The second-order valence-electron chi connectivity index (χ2n) is 5.57. The normalized spacial score (nSPS) is 28.5. The molecule has 1 aromatic heterocycles. The van der Waals surface area contributed by atoms with Crippen molar-refractivity contribution < 1.29 is 0 Å². The molecule has 2 unspecified atom stereocenters. The zero-order valence-electron chi connectivity index (χ0n) is 10.9. The van der Waals surface area contributed by atoms with E-state index in [1.54, 1.807) is 0 Å². The van der Waals surface area contributed by atoms with E-state index < -0.39 is 0 Å². The van der Waals surface area contributed by atoms with Gasteiger partial charge in [-0.15, -0.1) is 0 Å². The number of hydrogen-bond donors (Lipinski definition) is 2. The summed E-state index contributed by atoms with van der Waals surface area (Å²) in [5.74, 6) is 0.632. The van der Waals surface area contributed by atoms with Gasteiger partial charge in [-0.05, 0) is 55.3 Å². The Morgan fingerprint density at radius 1 is 1.59 bits per heavy atom. The van der Waals surface area contributed by atoms with Gasteiger partial charge in [0.15, 0.2) is 0 Å². The van der Waals surface area contributed by atoms with Gasteiger partial charge >= 0.3 is 0 Å². The van der Waals surface area contributed by atoms with Crippen molar-refractivity contribution in [1.82, 2.24) is 10.3 Å². The molecule has 0 spiro atoms. The highest BCUT2D eigenvalue weighted by Crippen LogP contribution is 2.40. The Bertz CT molecular complexity index is 377. The van der Waals surface area contributed by atoms with Crippen LogP contribution in [-0.2, 0) is 6.42 Å². The van der Waals surface area contributed by atoms with Gasteiger partial charge in [0, 0.05) is 12.2 Å². The second-order valence-corrected chi connectivity index (χ2v) is 5.57. The monoisotopic (exact) mass is 233 g/mol. The van der Waals surface area contributed by atoms with Gasteiger partial charge < -0.3 is 11.1 Å². The van der Waals surface area contributed by atoms with Crippen molar-refractivity contribution in [3.05, 3.63) is 23.9 Å². The highest BCUT2D eigenvalue weighted by atomic mass is 14.9. The van der Waals surface area contributed by atoms with E-state index in [4.69, 9.17) is 5.73 Å². The van der Waals surface area contributed by atoms with Gasteiger partial charge in [-0.1, -0.05) is 13.8 Å². The Balaban J connectivity index is 1.99. The van der Waals surface area contributed by atoms with Crippen LogP contribution in [-0.4, -0.2) is 17.6 Å². The topological polar surface area (TPSA) is 50.9 Å². The molecule has 0 aliphatic heterocycles. The summed E-state index contributed by atoms with van der Waals surface area (Å²) >= 11 is 0. The molecule has 1 aromatic rings. The SMILES string of the molecule is CCNC1CCC(C)(Cc2ccnc(N)c2)C1. The van der Waals surface area contributed by atoms with E-state index in [-0.39, 0.29) is 0 Å². The predicted octanol–water partition coefficient (Wildman–Crippen LogP) is 2.37. The molecule has 1 heterocycles. The molecule has 1 saturated carbocycles. The molecule has 2 rings (SSSR count). The zero-order chi connectivity index (χ0) is 12.3. The molecule has 0 saturated heterocycles. The lowest BCUT2D eigenvalue weighted by Crippen LogP contribution is -2.28. The summed E-state index contributed by atoms with van der Waals surface area (Å²) in [5, 5.41) is 3.56. The van der Waals surface area contributed by atoms with E-state index in [1.165, 1.54) is 24.8 Å². The molecule has 1 aliphatic rings. The molecular weight excluding hydrogens is 210 g/mol. The largest absolute Gasteiger partial charge is 0.384 e. The van der Waals surface area contributed by atoms with Gasteiger partial charge in [0.05, 0.1) is 0 Å². The van der Waals surface area contributed by atoms with Crippen LogP contribution in [0.15, 0.2) is 18.3 Å². The summed E-state index contributed by atoms with van der Waals surface area (Å²) in [6.45, 7) is 5.64. The van der Waals surface area contributed by atoms with Gasteiger partial charge in [-0.25, -0.2) is 4.98 Å². The van der Waals surface area contributed by atoms with E-state index >= 15 is 0 Å². The van der Waals surface area contributed by atoms with Crippen molar-refractivity contribution in [2.45, 2.75) is 45.6 Å². The number of anilines is 1. The molecule has 0 amide bonds. The van der Waals surface area contributed by atoms with Crippen LogP contribution >= 0.6 is 0 Å². The van der Waals surface area contributed by atoms with Crippen LogP contribution in [0.4, 0.5) is 5.82 Å². The van der Waals surface area contributed by atoms with Crippen LogP contribution in [0.2, 0.25) is 0 Å². The van der Waals surface area contributed by atoms with Gasteiger partial charge in [-0.2, -0.15) is 0 Å². The Hall–Kier alpha value is -1.09. The summed E-state index contributed by atoms with van der Waals surface area (Å²) in [6, 6.07) is 4.79. The molecular formula is C14H23N3. The zero-order valence-corrected chi connectivity index (χ0v) is 10.9. The van der Waals surface area contributed by atoms with E-state index in [0.717, 1.165) is 13.0 Å². The molecule has 3 nitrogen and oxygen atoms in total. The summed E-state index contributed by atoms with van der Waals surface area (Å²) in [7, 11) is 0. The average molecular weight is 233 g/mol. The molecule has 0 bridgehead atoms. The number of aromatic nitrogens is 1. The Kier molecular flexibility index (Phi) is 3.67. The number of pyridine rings is 1. The second kappa shape index (κ2) is 5.05. The first kappa shape index (κ1) is 12.4. The van der Waals surface area contributed by atoms with E-state index in [2.05, 4.69) is 30.2 Å². The smallest absolute Gasteiger partial charge is 0.123 e. The van der Waals surface area contributed by atoms with Crippen LogP contribution in [0.3, 0.4) is 0 Å². The molecule has 2 atom stereocenters. The number of nitrogen functional groups attached to an aromatic ring is 1.